The maximum Gasteiger partial charge on any atom is 0.252 e. The van der Waals surface area contributed by atoms with Gasteiger partial charge in [0.15, 0.2) is 0 Å². The second-order valence-corrected chi connectivity index (χ2v) is 7.95. The molecular formula is C20H29N3O3. The average Bonchev–Trinajstić information content (AvgIpc) is 2.55. The molecular weight excluding hydrogens is 330 g/mol. The molecule has 0 saturated carbocycles. The number of benzene rings is 1. The van der Waals surface area contributed by atoms with Crippen molar-refractivity contribution in [1.29, 1.82) is 0 Å². The van der Waals surface area contributed by atoms with Crippen LogP contribution in [0.5, 0.6) is 0 Å². The van der Waals surface area contributed by atoms with E-state index in [0.717, 1.165) is 5.56 Å². The van der Waals surface area contributed by atoms with Crippen LogP contribution in [0.25, 0.3) is 0 Å². The van der Waals surface area contributed by atoms with E-state index in [1.54, 1.807) is 24.0 Å². The quantitative estimate of drug-likeness (QED) is 0.871. The molecule has 6 nitrogen and oxygen atoms in total. The van der Waals surface area contributed by atoms with Gasteiger partial charge in [-0.25, -0.2) is 0 Å². The van der Waals surface area contributed by atoms with Gasteiger partial charge in [-0.15, -0.1) is 0 Å². The first-order chi connectivity index (χ1) is 12.1. The fourth-order valence-corrected chi connectivity index (χ4v) is 3.12. The van der Waals surface area contributed by atoms with Crippen molar-refractivity contribution in [2.24, 2.45) is 5.92 Å². The largest absolute Gasteiger partial charge is 0.347 e. The maximum absolute atomic E-state index is 12.6. The number of likely N-dealkylation sites (tertiary alicyclic amines) is 1. The molecule has 0 unspecified atom stereocenters. The van der Waals surface area contributed by atoms with Crippen LogP contribution in [-0.2, 0) is 9.59 Å². The molecule has 1 aliphatic heterocycles. The molecule has 2 rings (SSSR count). The molecule has 0 bridgehead atoms. The highest BCUT2D eigenvalue weighted by Gasteiger charge is 2.26. The lowest BCUT2D eigenvalue weighted by Crippen LogP contribution is -2.41. The van der Waals surface area contributed by atoms with Gasteiger partial charge in [-0.1, -0.05) is 6.07 Å². The van der Waals surface area contributed by atoms with Crippen LogP contribution >= 0.6 is 0 Å². The molecule has 142 valence electrons. The Morgan fingerprint density at radius 2 is 1.73 bits per heavy atom. The van der Waals surface area contributed by atoms with Crippen molar-refractivity contribution in [1.82, 2.24) is 10.2 Å². The number of nitrogens with zero attached hydrogens (tertiary/aromatic N) is 1. The van der Waals surface area contributed by atoms with Gasteiger partial charge >= 0.3 is 0 Å². The lowest BCUT2D eigenvalue weighted by Gasteiger charge is -2.30. The van der Waals surface area contributed by atoms with E-state index in [0.29, 0.717) is 37.2 Å². The first kappa shape index (κ1) is 19.9. The molecule has 0 radical (unpaired) electrons. The van der Waals surface area contributed by atoms with Crippen LogP contribution < -0.4 is 10.6 Å². The molecule has 1 aromatic rings. The van der Waals surface area contributed by atoms with Gasteiger partial charge in [0.25, 0.3) is 5.91 Å². The molecule has 0 spiro atoms. The highest BCUT2D eigenvalue weighted by Crippen LogP contribution is 2.23. The predicted octanol–water partition coefficient (Wildman–Crippen LogP) is 2.72. The van der Waals surface area contributed by atoms with Crippen molar-refractivity contribution in [3.8, 4) is 0 Å². The highest BCUT2D eigenvalue weighted by molar-refractivity contribution is 6.00. The molecule has 1 fully saturated rings. The van der Waals surface area contributed by atoms with E-state index >= 15 is 0 Å². The summed E-state index contributed by atoms with van der Waals surface area (Å²) in [4.78, 5) is 38.2. The molecule has 1 saturated heterocycles. The molecule has 0 aromatic heterocycles. The summed E-state index contributed by atoms with van der Waals surface area (Å²) in [5.41, 5.74) is 1.64. The van der Waals surface area contributed by atoms with Crippen LogP contribution in [0.4, 0.5) is 5.69 Å². The fourth-order valence-electron chi connectivity index (χ4n) is 3.12. The zero-order chi connectivity index (χ0) is 19.5. The summed E-state index contributed by atoms with van der Waals surface area (Å²) in [6.07, 6.45) is 1.32. The maximum atomic E-state index is 12.6. The zero-order valence-electron chi connectivity index (χ0n) is 16.3. The van der Waals surface area contributed by atoms with Crippen LogP contribution in [0.2, 0.25) is 0 Å². The zero-order valence-corrected chi connectivity index (χ0v) is 16.3. The smallest absolute Gasteiger partial charge is 0.252 e. The molecule has 26 heavy (non-hydrogen) atoms. The van der Waals surface area contributed by atoms with Crippen LogP contribution in [0, 0.1) is 12.8 Å². The van der Waals surface area contributed by atoms with Gasteiger partial charge in [-0.05, 0) is 58.2 Å². The number of hydrogen-bond donors (Lipinski definition) is 2. The van der Waals surface area contributed by atoms with Crippen LogP contribution in [0.1, 0.15) is 56.5 Å². The summed E-state index contributed by atoms with van der Waals surface area (Å²) in [7, 11) is 0. The first-order valence-electron chi connectivity index (χ1n) is 9.07. The Hall–Kier alpha value is -2.37. The summed E-state index contributed by atoms with van der Waals surface area (Å²) < 4.78 is 0. The first-order valence-corrected chi connectivity index (χ1v) is 9.07. The Labute approximate surface area is 155 Å². The topological polar surface area (TPSA) is 78.5 Å². The van der Waals surface area contributed by atoms with Crippen molar-refractivity contribution >= 4 is 23.4 Å². The fraction of sp³-hybridized carbons (Fsp3) is 0.550. The number of amides is 3. The summed E-state index contributed by atoms with van der Waals surface area (Å²) >= 11 is 0. The Balaban J connectivity index is 2.06. The van der Waals surface area contributed by atoms with Gasteiger partial charge in [-0.2, -0.15) is 0 Å². The van der Waals surface area contributed by atoms with Crippen molar-refractivity contribution in [3.63, 3.8) is 0 Å². The van der Waals surface area contributed by atoms with Crippen LogP contribution in [0.3, 0.4) is 0 Å². The SMILES string of the molecule is CC(=O)N1CCC(C(=O)Nc2cccc(C(=O)NC(C)(C)C)c2C)CC1. The molecule has 0 atom stereocenters. The third-order valence-corrected chi connectivity index (χ3v) is 4.64. The number of hydrogen-bond acceptors (Lipinski definition) is 3. The third kappa shape index (κ3) is 5.07. The van der Waals surface area contributed by atoms with Gasteiger partial charge < -0.3 is 15.5 Å². The molecule has 1 heterocycles. The molecule has 3 amide bonds. The van der Waals surface area contributed by atoms with Crippen LogP contribution in [0.15, 0.2) is 18.2 Å². The van der Waals surface area contributed by atoms with E-state index < -0.39 is 0 Å². The third-order valence-electron chi connectivity index (χ3n) is 4.64. The minimum absolute atomic E-state index is 0.0512. The van der Waals surface area contributed by atoms with E-state index in [9.17, 15) is 14.4 Å². The van der Waals surface area contributed by atoms with Crippen LogP contribution in [-0.4, -0.2) is 41.2 Å². The molecule has 0 aliphatic carbocycles. The molecule has 6 heteroatoms. The van der Waals surface area contributed by atoms with Gasteiger partial charge in [0.1, 0.15) is 0 Å². The van der Waals surface area contributed by atoms with E-state index in [1.807, 2.05) is 33.8 Å². The predicted molar refractivity (Wildman–Crippen MR) is 102 cm³/mol. The molecule has 1 aromatic carbocycles. The number of rotatable bonds is 3. The van der Waals surface area contributed by atoms with Gasteiger partial charge in [0.05, 0.1) is 0 Å². The van der Waals surface area contributed by atoms with E-state index in [1.165, 1.54) is 0 Å². The van der Waals surface area contributed by atoms with E-state index in [4.69, 9.17) is 0 Å². The highest BCUT2D eigenvalue weighted by atomic mass is 16.2. The Morgan fingerprint density at radius 1 is 1.12 bits per heavy atom. The number of carbonyl (C=O) groups is 3. The number of carbonyl (C=O) groups excluding carboxylic acids is 3. The van der Waals surface area contributed by atoms with E-state index in [-0.39, 0.29) is 29.2 Å². The van der Waals surface area contributed by atoms with Crippen molar-refractivity contribution in [3.05, 3.63) is 29.3 Å². The second kappa shape index (κ2) is 7.89. The number of nitrogens with one attached hydrogen (secondary N) is 2. The summed E-state index contributed by atoms with van der Waals surface area (Å²) in [5, 5.41) is 5.91. The van der Waals surface area contributed by atoms with Gasteiger partial charge in [0.2, 0.25) is 11.8 Å². The Morgan fingerprint density at radius 3 is 2.27 bits per heavy atom. The molecule has 2 N–H and O–H groups in total. The second-order valence-electron chi connectivity index (χ2n) is 7.95. The van der Waals surface area contributed by atoms with Crippen molar-refractivity contribution in [2.45, 2.75) is 53.0 Å². The minimum atomic E-state index is -0.326. The Bertz CT molecular complexity index is 699. The molecule has 1 aliphatic rings. The van der Waals surface area contributed by atoms with E-state index in [2.05, 4.69) is 10.6 Å². The summed E-state index contributed by atoms with van der Waals surface area (Å²) in [6.45, 7) is 10.4. The Kier molecular flexibility index (Phi) is 6.05. The lowest BCUT2D eigenvalue weighted by atomic mass is 9.95. The van der Waals surface area contributed by atoms with Crippen molar-refractivity contribution in [2.75, 3.05) is 18.4 Å². The lowest BCUT2D eigenvalue weighted by molar-refractivity contribution is -0.132. The number of piperidine rings is 1. The summed E-state index contributed by atoms with van der Waals surface area (Å²) in [6, 6.07) is 5.35. The van der Waals surface area contributed by atoms with Gasteiger partial charge in [-0.3, -0.25) is 14.4 Å². The normalized spacial score (nSPS) is 15.5. The minimum Gasteiger partial charge on any atom is -0.347 e. The standard InChI is InChI=1S/C20H29N3O3/c1-13-16(19(26)22-20(3,4)5)7-6-8-17(13)21-18(25)15-9-11-23(12-10-15)14(2)24/h6-8,15H,9-12H2,1-5H3,(H,21,25)(H,22,26). The number of anilines is 1. The summed E-state index contributed by atoms with van der Waals surface area (Å²) in [5.74, 6) is -0.264. The van der Waals surface area contributed by atoms with Gasteiger partial charge in [0, 0.05) is 42.7 Å². The van der Waals surface area contributed by atoms with Crippen molar-refractivity contribution < 1.29 is 14.4 Å². The monoisotopic (exact) mass is 359 g/mol. The average molecular weight is 359 g/mol.